The lowest BCUT2D eigenvalue weighted by Crippen LogP contribution is -2.52. The van der Waals surface area contributed by atoms with Gasteiger partial charge in [-0.3, -0.25) is 4.99 Å². The molecule has 2 fully saturated rings. The summed E-state index contributed by atoms with van der Waals surface area (Å²) in [6.45, 7) is 8.02. The van der Waals surface area contributed by atoms with Gasteiger partial charge in [0.2, 0.25) is 0 Å². The molecule has 6 heteroatoms. The topological polar surface area (TPSA) is 49.3 Å². The molecule has 140 valence electrons. The molecule has 24 heavy (non-hydrogen) atoms. The smallest absolute Gasteiger partial charge is 0.193 e. The molecular weight excluding hydrogens is 304 g/mol. The first-order valence-corrected chi connectivity index (χ1v) is 9.40. The molecule has 2 aliphatic rings. The number of nitrogens with one attached hydrogen (secondary N) is 1. The first kappa shape index (κ1) is 19.5. The molecule has 0 bridgehead atoms. The minimum atomic E-state index is 0.113. The van der Waals surface area contributed by atoms with Crippen LogP contribution in [0.2, 0.25) is 0 Å². The van der Waals surface area contributed by atoms with Gasteiger partial charge in [0.05, 0.1) is 13.2 Å². The maximum absolute atomic E-state index is 5.76. The van der Waals surface area contributed by atoms with Crippen LogP contribution in [-0.2, 0) is 9.47 Å². The van der Waals surface area contributed by atoms with Crippen LogP contribution in [0.5, 0.6) is 0 Å². The highest BCUT2D eigenvalue weighted by Gasteiger charge is 2.34. The monoisotopic (exact) mass is 340 g/mol. The number of guanidine groups is 1. The SMILES string of the molecule is CCNC(=NCC1(N(C)C)CCOCC1)N(C)CCOCC1CC1. The van der Waals surface area contributed by atoms with E-state index in [9.17, 15) is 0 Å². The van der Waals surface area contributed by atoms with E-state index in [2.05, 4.69) is 43.2 Å². The molecule has 0 aromatic carbocycles. The first-order chi connectivity index (χ1) is 11.6. The maximum Gasteiger partial charge on any atom is 0.193 e. The van der Waals surface area contributed by atoms with Crippen molar-refractivity contribution in [1.82, 2.24) is 15.1 Å². The summed E-state index contributed by atoms with van der Waals surface area (Å²) in [5, 5.41) is 3.41. The fourth-order valence-corrected chi connectivity index (χ4v) is 3.03. The second-order valence-electron chi connectivity index (χ2n) is 7.34. The van der Waals surface area contributed by atoms with Crippen molar-refractivity contribution in [3.63, 3.8) is 0 Å². The molecule has 1 aliphatic heterocycles. The standard InChI is InChI=1S/C18H36N4O2/c1-5-19-17(22(4)10-13-24-14-16-6-7-16)20-15-18(21(2)3)8-11-23-12-9-18/h16H,5-15H2,1-4H3,(H,19,20). The van der Waals surface area contributed by atoms with Crippen LogP contribution in [-0.4, -0.2) is 88.5 Å². The number of aliphatic imine (C=N–C) groups is 1. The molecule has 1 saturated carbocycles. The summed E-state index contributed by atoms with van der Waals surface area (Å²) < 4.78 is 11.3. The quantitative estimate of drug-likeness (QED) is 0.391. The van der Waals surface area contributed by atoms with Crippen LogP contribution in [0.3, 0.4) is 0 Å². The summed E-state index contributed by atoms with van der Waals surface area (Å²) in [5.41, 5.74) is 0.113. The third-order valence-corrected chi connectivity index (χ3v) is 5.21. The molecule has 0 unspecified atom stereocenters. The van der Waals surface area contributed by atoms with Crippen molar-refractivity contribution in [3.05, 3.63) is 0 Å². The second-order valence-corrected chi connectivity index (χ2v) is 7.34. The van der Waals surface area contributed by atoms with E-state index in [0.29, 0.717) is 0 Å². The first-order valence-electron chi connectivity index (χ1n) is 9.40. The van der Waals surface area contributed by atoms with E-state index >= 15 is 0 Å². The lowest BCUT2D eigenvalue weighted by atomic mass is 9.89. The Morgan fingerprint density at radius 1 is 1.25 bits per heavy atom. The lowest BCUT2D eigenvalue weighted by molar-refractivity contribution is -0.00264. The van der Waals surface area contributed by atoms with Gasteiger partial charge in [0.25, 0.3) is 0 Å². The van der Waals surface area contributed by atoms with Gasteiger partial charge in [0.1, 0.15) is 0 Å². The molecule has 0 radical (unpaired) electrons. The third-order valence-electron chi connectivity index (χ3n) is 5.21. The molecule has 1 N–H and O–H groups in total. The average molecular weight is 341 g/mol. The number of hydrogen-bond acceptors (Lipinski definition) is 4. The van der Waals surface area contributed by atoms with Crippen LogP contribution in [0.25, 0.3) is 0 Å². The largest absolute Gasteiger partial charge is 0.381 e. The van der Waals surface area contributed by atoms with E-state index in [1.165, 1.54) is 12.8 Å². The van der Waals surface area contributed by atoms with E-state index in [0.717, 1.165) is 70.8 Å². The molecule has 0 amide bonds. The molecule has 0 atom stereocenters. The van der Waals surface area contributed by atoms with Gasteiger partial charge in [-0.2, -0.15) is 0 Å². The minimum absolute atomic E-state index is 0.113. The Hall–Kier alpha value is -0.850. The molecule has 2 rings (SSSR count). The number of hydrogen-bond donors (Lipinski definition) is 1. The highest BCUT2D eigenvalue weighted by Crippen LogP contribution is 2.28. The Bertz CT molecular complexity index is 390. The molecule has 0 spiro atoms. The minimum Gasteiger partial charge on any atom is -0.381 e. The zero-order chi connectivity index (χ0) is 17.4. The van der Waals surface area contributed by atoms with Gasteiger partial charge < -0.3 is 24.6 Å². The van der Waals surface area contributed by atoms with Gasteiger partial charge in [0, 0.05) is 45.5 Å². The second kappa shape index (κ2) is 9.59. The Balaban J connectivity index is 1.86. The van der Waals surface area contributed by atoms with Gasteiger partial charge >= 0.3 is 0 Å². The summed E-state index contributed by atoms with van der Waals surface area (Å²) >= 11 is 0. The van der Waals surface area contributed by atoms with Crippen molar-refractivity contribution in [2.24, 2.45) is 10.9 Å². The fourth-order valence-electron chi connectivity index (χ4n) is 3.03. The van der Waals surface area contributed by atoms with Gasteiger partial charge in [-0.1, -0.05) is 0 Å². The van der Waals surface area contributed by atoms with Gasteiger partial charge in [-0.15, -0.1) is 0 Å². The summed E-state index contributed by atoms with van der Waals surface area (Å²) in [6, 6.07) is 0. The summed E-state index contributed by atoms with van der Waals surface area (Å²) in [4.78, 5) is 9.44. The molecule has 0 aromatic rings. The summed E-state index contributed by atoms with van der Waals surface area (Å²) in [7, 11) is 6.40. The highest BCUT2D eigenvalue weighted by molar-refractivity contribution is 5.79. The molecule has 6 nitrogen and oxygen atoms in total. The zero-order valence-corrected chi connectivity index (χ0v) is 16.0. The van der Waals surface area contributed by atoms with Crippen LogP contribution in [0, 0.1) is 5.92 Å². The van der Waals surface area contributed by atoms with Gasteiger partial charge in [0.15, 0.2) is 5.96 Å². The molecular formula is C18H36N4O2. The predicted octanol–water partition coefficient (Wildman–Crippen LogP) is 1.42. The van der Waals surface area contributed by atoms with Crippen molar-refractivity contribution in [2.45, 2.75) is 38.1 Å². The number of rotatable bonds is 9. The fraction of sp³-hybridized carbons (Fsp3) is 0.944. The van der Waals surface area contributed by atoms with Crippen molar-refractivity contribution >= 4 is 5.96 Å². The number of ether oxygens (including phenoxy) is 2. The van der Waals surface area contributed by atoms with Crippen LogP contribution in [0.15, 0.2) is 4.99 Å². The Morgan fingerprint density at radius 3 is 2.54 bits per heavy atom. The van der Waals surface area contributed by atoms with E-state index in [1.54, 1.807) is 0 Å². The van der Waals surface area contributed by atoms with Crippen LogP contribution < -0.4 is 5.32 Å². The lowest BCUT2D eigenvalue weighted by Gasteiger charge is -2.42. The summed E-state index contributed by atoms with van der Waals surface area (Å²) in [6.07, 6.45) is 4.76. The Kier molecular flexibility index (Phi) is 7.78. The predicted molar refractivity (Wildman–Crippen MR) is 98.6 cm³/mol. The maximum atomic E-state index is 5.76. The molecule has 1 saturated heterocycles. The van der Waals surface area contributed by atoms with E-state index < -0.39 is 0 Å². The van der Waals surface area contributed by atoms with Crippen LogP contribution >= 0.6 is 0 Å². The number of nitrogens with zero attached hydrogens (tertiary/aromatic N) is 3. The molecule has 0 aromatic heterocycles. The summed E-state index contributed by atoms with van der Waals surface area (Å²) in [5.74, 6) is 1.80. The van der Waals surface area contributed by atoms with Crippen molar-refractivity contribution in [2.75, 3.05) is 67.2 Å². The van der Waals surface area contributed by atoms with Crippen molar-refractivity contribution in [3.8, 4) is 0 Å². The van der Waals surface area contributed by atoms with Crippen LogP contribution in [0.4, 0.5) is 0 Å². The molecule has 1 aliphatic carbocycles. The zero-order valence-electron chi connectivity index (χ0n) is 16.0. The van der Waals surface area contributed by atoms with Crippen molar-refractivity contribution in [1.29, 1.82) is 0 Å². The van der Waals surface area contributed by atoms with E-state index in [1.807, 2.05) is 0 Å². The third kappa shape index (κ3) is 5.90. The highest BCUT2D eigenvalue weighted by atomic mass is 16.5. The average Bonchev–Trinajstić information content (AvgIpc) is 3.40. The van der Waals surface area contributed by atoms with E-state index in [-0.39, 0.29) is 5.54 Å². The van der Waals surface area contributed by atoms with Crippen LogP contribution in [0.1, 0.15) is 32.6 Å². The number of likely N-dealkylation sites (N-methyl/N-ethyl adjacent to an activating group) is 2. The normalized spacial score (nSPS) is 21.1. The van der Waals surface area contributed by atoms with Crippen molar-refractivity contribution < 1.29 is 9.47 Å². The van der Waals surface area contributed by atoms with Gasteiger partial charge in [-0.25, -0.2) is 0 Å². The Morgan fingerprint density at radius 2 is 1.96 bits per heavy atom. The van der Waals surface area contributed by atoms with E-state index in [4.69, 9.17) is 14.5 Å². The van der Waals surface area contributed by atoms with Gasteiger partial charge in [-0.05, 0) is 52.6 Å². The Labute approximate surface area is 147 Å². The molecule has 1 heterocycles.